The minimum atomic E-state index is -0.298. The molecule has 0 saturated carbocycles. The Kier molecular flexibility index (Phi) is 7.06. The molecule has 2 aromatic rings. The second kappa shape index (κ2) is 10.1. The zero-order chi connectivity index (χ0) is 23.4. The van der Waals surface area contributed by atoms with Gasteiger partial charge in [0.1, 0.15) is 11.5 Å². The Bertz CT molecular complexity index is 1010. The second-order valence-electron chi connectivity index (χ2n) is 8.92. The number of amides is 2. The standard InChI is InChI=1S/C26H33N3O4/c1-18-10-14-28(15-11-18)23-9-6-19(16-22(23)26(31)29-12-4-5-13-29)27-25(30)21-8-7-20(32-2)17-24(21)33-3/h6-9,16-18H,4-5,10-15H2,1-3H3,(H,27,30). The Morgan fingerprint density at radius 2 is 1.64 bits per heavy atom. The lowest BCUT2D eigenvalue weighted by Gasteiger charge is -2.34. The third-order valence-corrected chi connectivity index (χ3v) is 6.66. The first-order valence-electron chi connectivity index (χ1n) is 11.7. The van der Waals surface area contributed by atoms with Crippen molar-refractivity contribution in [1.82, 2.24) is 4.90 Å². The third-order valence-electron chi connectivity index (χ3n) is 6.66. The monoisotopic (exact) mass is 451 g/mol. The molecular formula is C26H33N3O4. The largest absolute Gasteiger partial charge is 0.497 e. The molecule has 176 valence electrons. The van der Waals surface area contributed by atoms with Gasteiger partial charge in [0.2, 0.25) is 0 Å². The van der Waals surface area contributed by atoms with Gasteiger partial charge in [-0.3, -0.25) is 9.59 Å². The van der Waals surface area contributed by atoms with Gasteiger partial charge in [-0.05, 0) is 61.9 Å². The molecule has 2 heterocycles. The molecule has 2 saturated heterocycles. The maximum atomic E-state index is 13.4. The first-order chi connectivity index (χ1) is 16.0. The van der Waals surface area contributed by atoms with Gasteiger partial charge < -0.3 is 24.6 Å². The lowest BCUT2D eigenvalue weighted by Crippen LogP contribution is -2.35. The van der Waals surface area contributed by atoms with Crippen LogP contribution >= 0.6 is 0 Å². The quantitative estimate of drug-likeness (QED) is 0.704. The SMILES string of the molecule is COc1ccc(C(=O)Nc2ccc(N3CCC(C)CC3)c(C(=O)N3CCCC3)c2)c(OC)c1. The number of hydrogen-bond donors (Lipinski definition) is 1. The second-order valence-corrected chi connectivity index (χ2v) is 8.92. The number of likely N-dealkylation sites (tertiary alicyclic amines) is 1. The van der Waals surface area contributed by atoms with Gasteiger partial charge in [-0.1, -0.05) is 6.92 Å². The van der Waals surface area contributed by atoms with Crippen LogP contribution in [0.15, 0.2) is 36.4 Å². The van der Waals surface area contributed by atoms with E-state index in [0.29, 0.717) is 34.2 Å². The van der Waals surface area contributed by atoms with Gasteiger partial charge >= 0.3 is 0 Å². The van der Waals surface area contributed by atoms with Gasteiger partial charge in [0, 0.05) is 43.6 Å². The summed E-state index contributed by atoms with van der Waals surface area (Å²) >= 11 is 0. The molecule has 1 N–H and O–H groups in total. The number of methoxy groups -OCH3 is 2. The van der Waals surface area contributed by atoms with E-state index in [9.17, 15) is 9.59 Å². The van der Waals surface area contributed by atoms with E-state index in [1.807, 2.05) is 23.1 Å². The van der Waals surface area contributed by atoms with Crippen LogP contribution in [0.3, 0.4) is 0 Å². The zero-order valence-corrected chi connectivity index (χ0v) is 19.7. The van der Waals surface area contributed by atoms with Crippen LogP contribution in [0, 0.1) is 5.92 Å². The van der Waals surface area contributed by atoms with E-state index < -0.39 is 0 Å². The maximum Gasteiger partial charge on any atom is 0.259 e. The van der Waals surface area contributed by atoms with Crippen LogP contribution in [0.2, 0.25) is 0 Å². The average Bonchev–Trinajstić information content (AvgIpc) is 3.38. The minimum Gasteiger partial charge on any atom is -0.497 e. The molecular weight excluding hydrogens is 418 g/mol. The Balaban J connectivity index is 1.62. The smallest absolute Gasteiger partial charge is 0.259 e. The van der Waals surface area contributed by atoms with Gasteiger partial charge in [0.25, 0.3) is 11.8 Å². The molecule has 0 aliphatic carbocycles. The van der Waals surface area contributed by atoms with Gasteiger partial charge in [-0.25, -0.2) is 0 Å². The van der Waals surface area contributed by atoms with Crippen LogP contribution in [0.25, 0.3) is 0 Å². The molecule has 4 rings (SSSR count). The van der Waals surface area contributed by atoms with Crippen LogP contribution in [-0.4, -0.2) is 57.1 Å². The van der Waals surface area contributed by atoms with Gasteiger partial charge in [-0.2, -0.15) is 0 Å². The fourth-order valence-electron chi connectivity index (χ4n) is 4.59. The fraction of sp³-hybridized carbons (Fsp3) is 0.462. The van der Waals surface area contributed by atoms with E-state index >= 15 is 0 Å². The van der Waals surface area contributed by atoms with Crippen molar-refractivity contribution >= 4 is 23.2 Å². The highest BCUT2D eigenvalue weighted by molar-refractivity contribution is 6.08. The molecule has 7 nitrogen and oxygen atoms in total. The number of rotatable bonds is 6. The van der Waals surface area contributed by atoms with Crippen LogP contribution in [0.4, 0.5) is 11.4 Å². The summed E-state index contributed by atoms with van der Waals surface area (Å²) < 4.78 is 10.6. The summed E-state index contributed by atoms with van der Waals surface area (Å²) in [6.45, 7) is 5.73. The van der Waals surface area contributed by atoms with Crippen LogP contribution in [-0.2, 0) is 0 Å². The van der Waals surface area contributed by atoms with Gasteiger partial charge in [0.05, 0.1) is 25.3 Å². The molecule has 0 bridgehead atoms. The van der Waals surface area contributed by atoms with Crippen molar-refractivity contribution in [2.75, 3.05) is 50.6 Å². The summed E-state index contributed by atoms with van der Waals surface area (Å²) in [6.07, 6.45) is 4.31. The molecule has 2 aromatic carbocycles. The highest BCUT2D eigenvalue weighted by Crippen LogP contribution is 2.31. The van der Waals surface area contributed by atoms with Crippen molar-refractivity contribution in [2.45, 2.75) is 32.6 Å². The molecule has 0 aromatic heterocycles. The maximum absolute atomic E-state index is 13.4. The summed E-state index contributed by atoms with van der Waals surface area (Å²) in [5, 5.41) is 2.94. The van der Waals surface area contributed by atoms with Crippen molar-refractivity contribution in [3.63, 3.8) is 0 Å². The molecule has 0 spiro atoms. The topological polar surface area (TPSA) is 71.1 Å². The first kappa shape index (κ1) is 23.0. The van der Waals surface area contributed by atoms with E-state index in [1.54, 1.807) is 25.3 Å². The van der Waals surface area contributed by atoms with Crippen LogP contribution in [0.5, 0.6) is 11.5 Å². The summed E-state index contributed by atoms with van der Waals surface area (Å²) in [4.78, 5) is 30.6. The summed E-state index contributed by atoms with van der Waals surface area (Å²) in [5.74, 6) is 1.49. The van der Waals surface area contributed by atoms with E-state index in [2.05, 4.69) is 17.1 Å². The Morgan fingerprint density at radius 3 is 2.30 bits per heavy atom. The summed E-state index contributed by atoms with van der Waals surface area (Å²) in [5.41, 5.74) is 2.61. The number of ether oxygens (including phenoxy) is 2. The van der Waals surface area contributed by atoms with Gasteiger partial charge in [0.15, 0.2) is 0 Å². The number of benzene rings is 2. The lowest BCUT2D eigenvalue weighted by atomic mass is 9.97. The fourth-order valence-corrected chi connectivity index (χ4v) is 4.59. The van der Waals surface area contributed by atoms with Crippen molar-refractivity contribution in [3.05, 3.63) is 47.5 Å². The Hall–Kier alpha value is -3.22. The Labute approximate surface area is 195 Å². The third kappa shape index (κ3) is 5.07. The van der Waals surface area contributed by atoms with Crippen molar-refractivity contribution in [2.24, 2.45) is 5.92 Å². The number of nitrogens with one attached hydrogen (secondary N) is 1. The summed E-state index contributed by atoms with van der Waals surface area (Å²) in [6, 6.07) is 10.7. The number of piperidine rings is 1. The highest BCUT2D eigenvalue weighted by atomic mass is 16.5. The number of nitrogens with zero attached hydrogens (tertiary/aromatic N) is 2. The minimum absolute atomic E-state index is 0.0410. The van der Waals surface area contributed by atoms with Crippen molar-refractivity contribution < 1.29 is 19.1 Å². The van der Waals surface area contributed by atoms with E-state index in [0.717, 1.165) is 57.5 Å². The number of hydrogen-bond acceptors (Lipinski definition) is 5. The molecule has 0 radical (unpaired) electrons. The molecule has 0 unspecified atom stereocenters. The van der Waals surface area contributed by atoms with E-state index in [-0.39, 0.29) is 11.8 Å². The number of carbonyl (C=O) groups is 2. The van der Waals surface area contributed by atoms with Crippen molar-refractivity contribution in [3.8, 4) is 11.5 Å². The molecule has 2 aliphatic rings. The Morgan fingerprint density at radius 1 is 0.909 bits per heavy atom. The predicted molar refractivity (Wildman–Crippen MR) is 130 cm³/mol. The average molecular weight is 452 g/mol. The first-order valence-corrected chi connectivity index (χ1v) is 11.7. The molecule has 2 aliphatic heterocycles. The molecule has 0 atom stereocenters. The predicted octanol–water partition coefficient (Wildman–Crippen LogP) is 4.43. The number of carbonyl (C=O) groups excluding carboxylic acids is 2. The zero-order valence-electron chi connectivity index (χ0n) is 19.7. The normalized spacial score (nSPS) is 16.6. The molecule has 2 amide bonds. The lowest BCUT2D eigenvalue weighted by molar-refractivity contribution is 0.0793. The molecule has 33 heavy (non-hydrogen) atoms. The van der Waals surface area contributed by atoms with Crippen LogP contribution in [0.1, 0.15) is 53.3 Å². The highest BCUT2D eigenvalue weighted by Gasteiger charge is 2.26. The number of anilines is 2. The molecule has 2 fully saturated rings. The summed E-state index contributed by atoms with van der Waals surface area (Å²) in [7, 11) is 3.09. The molecule has 7 heteroatoms. The van der Waals surface area contributed by atoms with E-state index in [4.69, 9.17) is 9.47 Å². The van der Waals surface area contributed by atoms with Crippen molar-refractivity contribution in [1.29, 1.82) is 0 Å². The van der Waals surface area contributed by atoms with Gasteiger partial charge in [-0.15, -0.1) is 0 Å². The van der Waals surface area contributed by atoms with E-state index in [1.165, 1.54) is 7.11 Å². The van der Waals surface area contributed by atoms with Crippen LogP contribution < -0.4 is 19.7 Å².